The van der Waals surface area contributed by atoms with Gasteiger partial charge in [-0.3, -0.25) is 9.89 Å². The summed E-state index contributed by atoms with van der Waals surface area (Å²) in [5, 5.41) is 8.90. The summed E-state index contributed by atoms with van der Waals surface area (Å²) >= 11 is 0. The third-order valence-corrected chi connectivity index (χ3v) is 4.13. The van der Waals surface area contributed by atoms with Gasteiger partial charge in [-0.15, -0.1) is 0 Å². The molecule has 0 saturated carbocycles. The van der Waals surface area contributed by atoms with Crippen LogP contribution in [-0.4, -0.2) is 21.3 Å². The lowest BCUT2D eigenvalue weighted by atomic mass is 9.98. The molecule has 110 valence electrons. The number of para-hydroxylation sites is 1. The predicted octanol–water partition coefficient (Wildman–Crippen LogP) is 2.27. The molecular weight excluding hydrogens is 264 g/mol. The zero-order valence-corrected chi connectivity index (χ0v) is 12.6. The summed E-state index contributed by atoms with van der Waals surface area (Å²) in [7, 11) is 0. The molecule has 3 N–H and O–H groups in total. The van der Waals surface area contributed by atoms with Gasteiger partial charge in [0.1, 0.15) is 5.52 Å². The number of aryl methyl sites for hydroxylation is 1. The van der Waals surface area contributed by atoms with Gasteiger partial charge in [-0.2, -0.15) is 5.10 Å². The molecule has 3 aromatic rings. The summed E-state index contributed by atoms with van der Waals surface area (Å²) in [5.74, 6) is 0. The van der Waals surface area contributed by atoms with Crippen LogP contribution < -0.4 is 11.3 Å². The first-order valence-electron chi connectivity index (χ1n) is 7.16. The number of nitrogens with two attached hydrogens (primary N) is 1. The molecule has 2 heterocycles. The number of aromatic amines is 1. The summed E-state index contributed by atoms with van der Waals surface area (Å²) in [6.45, 7) is 6.52. The average molecular weight is 284 g/mol. The van der Waals surface area contributed by atoms with E-state index in [1.54, 1.807) is 0 Å². The summed E-state index contributed by atoms with van der Waals surface area (Å²) in [6.07, 6.45) is 0.735. The highest BCUT2D eigenvalue weighted by molar-refractivity contribution is 6.04. The van der Waals surface area contributed by atoms with Crippen LogP contribution in [0.4, 0.5) is 0 Å². The lowest BCUT2D eigenvalue weighted by Gasteiger charge is -2.29. The first kappa shape index (κ1) is 13.8. The summed E-state index contributed by atoms with van der Waals surface area (Å²) < 4.78 is 1.86. The molecule has 0 aliphatic heterocycles. The number of aromatic nitrogens is 3. The molecule has 0 unspecified atom stereocenters. The lowest BCUT2D eigenvalue weighted by molar-refractivity contribution is 0.336. The van der Waals surface area contributed by atoms with Gasteiger partial charge in [0, 0.05) is 16.6 Å². The Morgan fingerprint density at radius 2 is 2.05 bits per heavy atom. The molecule has 0 fully saturated rings. The van der Waals surface area contributed by atoms with E-state index < -0.39 is 0 Å². The van der Waals surface area contributed by atoms with Crippen LogP contribution in [0.25, 0.3) is 21.8 Å². The molecule has 0 amide bonds. The van der Waals surface area contributed by atoms with Crippen molar-refractivity contribution >= 4 is 21.8 Å². The number of benzene rings is 1. The van der Waals surface area contributed by atoms with Gasteiger partial charge in [-0.25, -0.2) is 0 Å². The van der Waals surface area contributed by atoms with Crippen LogP contribution in [0.2, 0.25) is 0 Å². The molecule has 0 aliphatic carbocycles. The Morgan fingerprint density at radius 1 is 1.33 bits per heavy atom. The van der Waals surface area contributed by atoms with Gasteiger partial charge in [-0.05, 0) is 39.8 Å². The van der Waals surface area contributed by atoms with Crippen LogP contribution in [0.3, 0.4) is 0 Å². The van der Waals surface area contributed by atoms with Crippen molar-refractivity contribution < 1.29 is 0 Å². The van der Waals surface area contributed by atoms with Crippen LogP contribution in [0, 0.1) is 6.92 Å². The number of nitrogens with zero attached hydrogens (tertiary/aromatic N) is 2. The fraction of sp³-hybridized carbons (Fsp3) is 0.375. The molecule has 5 heteroatoms. The topological polar surface area (TPSA) is 76.7 Å². The van der Waals surface area contributed by atoms with Crippen LogP contribution in [0.1, 0.15) is 26.0 Å². The van der Waals surface area contributed by atoms with Gasteiger partial charge in [-0.1, -0.05) is 18.2 Å². The molecule has 3 rings (SSSR count). The van der Waals surface area contributed by atoms with Crippen molar-refractivity contribution in [3.8, 4) is 0 Å². The average Bonchev–Trinajstić information content (AvgIpc) is 2.81. The Balaban J connectivity index is 2.54. The van der Waals surface area contributed by atoms with E-state index in [0.29, 0.717) is 11.9 Å². The number of rotatable bonds is 3. The Hall–Kier alpha value is -2.14. The molecule has 0 aliphatic rings. The van der Waals surface area contributed by atoms with E-state index in [0.717, 1.165) is 28.5 Å². The van der Waals surface area contributed by atoms with E-state index in [1.807, 2.05) is 35.8 Å². The van der Waals surface area contributed by atoms with Gasteiger partial charge in [0.05, 0.1) is 10.9 Å². The van der Waals surface area contributed by atoms with Crippen molar-refractivity contribution in [1.29, 1.82) is 0 Å². The molecule has 0 radical (unpaired) electrons. The molecule has 0 spiro atoms. The van der Waals surface area contributed by atoms with E-state index in [1.165, 1.54) is 0 Å². The maximum atomic E-state index is 13.0. The minimum Gasteiger partial charge on any atom is -0.330 e. The second-order valence-electron chi connectivity index (χ2n) is 6.08. The van der Waals surface area contributed by atoms with Crippen molar-refractivity contribution in [2.24, 2.45) is 5.73 Å². The minimum absolute atomic E-state index is 0.00611. The fourth-order valence-corrected chi connectivity index (χ4v) is 3.04. The molecule has 5 nitrogen and oxygen atoms in total. The van der Waals surface area contributed by atoms with Crippen molar-refractivity contribution in [3.05, 3.63) is 40.3 Å². The Kier molecular flexibility index (Phi) is 3.10. The highest BCUT2D eigenvalue weighted by Gasteiger charge is 2.25. The highest BCUT2D eigenvalue weighted by Crippen LogP contribution is 2.28. The smallest absolute Gasteiger partial charge is 0.262 e. The van der Waals surface area contributed by atoms with E-state index in [-0.39, 0.29) is 11.1 Å². The molecule has 1 aromatic carbocycles. The maximum absolute atomic E-state index is 13.0. The van der Waals surface area contributed by atoms with E-state index >= 15 is 0 Å². The normalized spacial score (nSPS) is 12.4. The van der Waals surface area contributed by atoms with Gasteiger partial charge >= 0.3 is 0 Å². The lowest BCUT2D eigenvalue weighted by Crippen LogP contribution is -2.38. The number of nitrogens with one attached hydrogen (secondary N) is 1. The monoisotopic (exact) mass is 284 g/mol. The summed E-state index contributed by atoms with van der Waals surface area (Å²) in [6, 6.07) is 7.89. The second-order valence-corrected chi connectivity index (χ2v) is 6.08. The third kappa shape index (κ3) is 1.96. The standard InChI is InChI=1S/C16H20N4O/c1-10-13-14(19-18-10)11-6-4-5-7-12(11)20(15(13)21)16(2,3)8-9-17/h4-7H,8-9,17H2,1-3H3,(H,18,19). The van der Waals surface area contributed by atoms with E-state index in [4.69, 9.17) is 5.73 Å². The van der Waals surface area contributed by atoms with Gasteiger partial charge < -0.3 is 10.3 Å². The Bertz CT molecular complexity index is 873. The molecule has 2 aromatic heterocycles. The van der Waals surface area contributed by atoms with Crippen molar-refractivity contribution in [2.75, 3.05) is 6.54 Å². The first-order chi connectivity index (χ1) is 9.97. The Labute approximate surface area is 122 Å². The number of H-pyrrole nitrogens is 1. The third-order valence-electron chi connectivity index (χ3n) is 4.13. The molecule has 0 atom stereocenters. The quantitative estimate of drug-likeness (QED) is 0.774. The molecule has 0 saturated heterocycles. The van der Waals surface area contributed by atoms with Crippen molar-refractivity contribution in [2.45, 2.75) is 32.7 Å². The first-order valence-corrected chi connectivity index (χ1v) is 7.16. The summed E-state index contributed by atoms with van der Waals surface area (Å²) in [5.41, 5.74) is 7.83. The van der Waals surface area contributed by atoms with Crippen LogP contribution in [-0.2, 0) is 5.54 Å². The number of pyridine rings is 1. The largest absolute Gasteiger partial charge is 0.330 e. The fourth-order valence-electron chi connectivity index (χ4n) is 3.04. The van der Waals surface area contributed by atoms with Crippen LogP contribution in [0.5, 0.6) is 0 Å². The summed E-state index contributed by atoms with van der Waals surface area (Å²) in [4.78, 5) is 13.0. The van der Waals surface area contributed by atoms with Gasteiger partial charge in [0.25, 0.3) is 5.56 Å². The maximum Gasteiger partial charge on any atom is 0.262 e. The predicted molar refractivity (Wildman–Crippen MR) is 85.6 cm³/mol. The van der Waals surface area contributed by atoms with Gasteiger partial charge in [0.2, 0.25) is 0 Å². The van der Waals surface area contributed by atoms with E-state index in [2.05, 4.69) is 24.0 Å². The highest BCUT2D eigenvalue weighted by atomic mass is 16.1. The number of hydrogen-bond donors (Lipinski definition) is 2. The second kappa shape index (κ2) is 4.70. The molecule has 21 heavy (non-hydrogen) atoms. The minimum atomic E-state index is -0.344. The Morgan fingerprint density at radius 3 is 2.76 bits per heavy atom. The number of fused-ring (bicyclic) bond motifs is 3. The van der Waals surface area contributed by atoms with Gasteiger partial charge in [0.15, 0.2) is 0 Å². The number of hydrogen-bond acceptors (Lipinski definition) is 3. The zero-order chi connectivity index (χ0) is 15.2. The molecule has 0 bridgehead atoms. The van der Waals surface area contributed by atoms with Crippen LogP contribution in [0.15, 0.2) is 29.1 Å². The SMILES string of the molecule is Cc1[nH]nc2c1c(=O)n(C(C)(C)CCN)c1ccccc21. The molecular formula is C16H20N4O. The zero-order valence-electron chi connectivity index (χ0n) is 12.6. The van der Waals surface area contributed by atoms with E-state index in [9.17, 15) is 4.79 Å². The van der Waals surface area contributed by atoms with Crippen molar-refractivity contribution in [1.82, 2.24) is 14.8 Å². The van der Waals surface area contributed by atoms with Crippen LogP contribution >= 0.6 is 0 Å². The van der Waals surface area contributed by atoms with Crippen molar-refractivity contribution in [3.63, 3.8) is 0 Å².